The third kappa shape index (κ3) is 2.93. The van der Waals surface area contributed by atoms with Gasteiger partial charge in [0.1, 0.15) is 0 Å². The van der Waals surface area contributed by atoms with Gasteiger partial charge in [-0.05, 0) is 31.7 Å². The van der Waals surface area contributed by atoms with Crippen LogP contribution in [0.5, 0.6) is 0 Å². The fourth-order valence-electron chi connectivity index (χ4n) is 2.17. The zero-order valence-electron chi connectivity index (χ0n) is 11.2. The van der Waals surface area contributed by atoms with Crippen LogP contribution in [-0.2, 0) is 9.59 Å². The average molecular weight is 262 g/mol. The zero-order chi connectivity index (χ0) is 14.0. The Kier molecular flexibility index (Phi) is 3.85. The van der Waals surface area contributed by atoms with Crippen LogP contribution >= 0.6 is 0 Å². The Labute approximate surface area is 112 Å². The molecule has 1 aromatic carbocycles. The SMILES string of the molecule is CC(C(=O)O)c1cccc(N2CCN(C)CC2=O)c1. The summed E-state index contributed by atoms with van der Waals surface area (Å²) in [5.74, 6) is -1.38. The van der Waals surface area contributed by atoms with Gasteiger partial charge in [0.05, 0.1) is 12.5 Å². The van der Waals surface area contributed by atoms with Crippen molar-refractivity contribution < 1.29 is 14.7 Å². The van der Waals surface area contributed by atoms with Gasteiger partial charge in [-0.3, -0.25) is 14.5 Å². The normalized spacial score (nSPS) is 18.4. The highest BCUT2D eigenvalue weighted by molar-refractivity contribution is 5.95. The minimum atomic E-state index is -0.859. The molecule has 5 nitrogen and oxygen atoms in total. The van der Waals surface area contributed by atoms with Crippen molar-refractivity contribution in [3.63, 3.8) is 0 Å². The van der Waals surface area contributed by atoms with Crippen molar-refractivity contribution in [2.75, 3.05) is 31.6 Å². The smallest absolute Gasteiger partial charge is 0.310 e. The molecule has 1 unspecified atom stereocenters. The topological polar surface area (TPSA) is 60.9 Å². The van der Waals surface area contributed by atoms with E-state index in [2.05, 4.69) is 0 Å². The number of benzene rings is 1. The monoisotopic (exact) mass is 262 g/mol. The van der Waals surface area contributed by atoms with Gasteiger partial charge in [0.15, 0.2) is 0 Å². The summed E-state index contributed by atoms with van der Waals surface area (Å²) in [5, 5.41) is 9.04. The summed E-state index contributed by atoms with van der Waals surface area (Å²) in [7, 11) is 1.91. The van der Waals surface area contributed by atoms with Crippen molar-refractivity contribution in [3.05, 3.63) is 29.8 Å². The molecule has 0 aliphatic carbocycles. The molecule has 1 aliphatic heterocycles. The van der Waals surface area contributed by atoms with Crippen LogP contribution in [-0.4, -0.2) is 48.6 Å². The molecule has 1 N–H and O–H groups in total. The van der Waals surface area contributed by atoms with E-state index in [-0.39, 0.29) is 5.91 Å². The Morgan fingerprint density at radius 3 is 2.74 bits per heavy atom. The van der Waals surface area contributed by atoms with Gasteiger partial charge in [0.25, 0.3) is 0 Å². The first kappa shape index (κ1) is 13.5. The maximum absolute atomic E-state index is 12.0. The molecule has 1 aromatic rings. The van der Waals surface area contributed by atoms with E-state index in [0.29, 0.717) is 13.1 Å². The van der Waals surface area contributed by atoms with Gasteiger partial charge in [-0.1, -0.05) is 12.1 Å². The molecule has 0 saturated carbocycles. The van der Waals surface area contributed by atoms with E-state index in [1.807, 2.05) is 18.0 Å². The third-order valence-electron chi connectivity index (χ3n) is 3.46. The fourth-order valence-corrected chi connectivity index (χ4v) is 2.17. The summed E-state index contributed by atoms with van der Waals surface area (Å²) < 4.78 is 0. The lowest BCUT2D eigenvalue weighted by Gasteiger charge is -2.32. The largest absolute Gasteiger partial charge is 0.481 e. The van der Waals surface area contributed by atoms with Gasteiger partial charge in [-0.2, -0.15) is 0 Å². The lowest BCUT2D eigenvalue weighted by atomic mass is 10.0. The van der Waals surface area contributed by atoms with Gasteiger partial charge >= 0.3 is 5.97 Å². The van der Waals surface area contributed by atoms with E-state index in [9.17, 15) is 9.59 Å². The number of anilines is 1. The summed E-state index contributed by atoms with van der Waals surface area (Å²) in [6.45, 7) is 3.51. The van der Waals surface area contributed by atoms with E-state index < -0.39 is 11.9 Å². The molecule has 5 heteroatoms. The molecule has 1 saturated heterocycles. The number of nitrogens with zero attached hydrogens (tertiary/aromatic N) is 2. The van der Waals surface area contributed by atoms with Gasteiger partial charge in [0, 0.05) is 18.8 Å². The van der Waals surface area contributed by atoms with Crippen LogP contribution < -0.4 is 4.90 Å². The van der Waals surface area contributed by atoms with Gasteiger partial charge < -0.3 is 10.0 Å². The van der Waals surface area contributed by atoms with Crippen LogP contribution in [0.15, 0.2) is 24.3 Å². The number of aliphatic carboxylic acids is 1. The van der Waals surface area contributed by atoms with Gasteiger partial charge in [0.2, 0.25) is 5.91 Å². The number of hydrogen-bond donors (Lipinski definition) is 1. The molecule has 1 heterocycles. The third-order valence-corrected chi connectivity index (χ3v) is 3.46. The molecule has 102 valence electrons. The number of rotatable bonds is 3. The second-order valence-electron chi connectivity index (χ2n) is 4.94. The first-order valence-corrected chi connectivity index (χ1v) is 6.30. The summed E-state index contributed by atoms with van der Waals surface area (Å²) in [5.41, 5.74) is 1.50. The molecule has 0 aromatic heterocycles. The molecule has 1 aliphatic rings. The Balaban J connectivity index is 2.23. The van der Waals surface area contributed by atoms with Gasteiger partial charge in [-0.15, -0.1) is 0 Å². The van der Waals surface area contributed by atoms with Crippen LogP contribution in [0.2, 0.25) is 0 Å². The lowest BCUT2D eigenvalue weighted by Crippen LogP contribution is -2.48. The van der Waals surface area contributed by atoms with Crippen LogP contribution in [0.4, 0.5) is 5.69 Å². The number of carboxylic acid groups (broad SMARTS) is 1. The second-order valence-corrected chi connectivity index (χ2v) is 4.94. The maximum Gasteiger partial charge on any atom is 0.310 e. The summed E-state index contributed by atoms with van der Waals surface area (Å²) >= 11 is 0. The molecule has 19 heavy (non-hydrogen) atoms. The number of hydrogen-bond acceptors (Lipinski definition) is 3. The van der Waals surface area contributed by atoms with E-state index in [1.165, 1.54) is 0 Å². The van der Waals surface area contributed by atoms with Crippen LogP contribution in [0.3, 0.4) is 0 Å². The lowest BCUT2D eigenvalue weighted by molar-refractivity contribution is -0.138. The van der Waals surface area contributed by atoms with Crippen molar-refractivity contribution in [3.8, 4) is 0 Å². The van der Waals surface area contributed by atoms with Crippen molar-refractivity contribution in [1.82, 2.24) is 4.90 Å². The number of carbonyl (C=O) groups is 2. The minimum Gasteiger partial charge on any atom is -0.481 e. The minimum absolute atomic E-state index is 0.0499. The Hall–Kier alpha value is -1.88. The van der Waals surface area contributed by atoms with E-state index in [4.69, 9.17) is 5.11 Å². The average Bonchev–Trinajstić information content (AvgIpc) is 2.38. The van der Waals surface area contributed by atoms with E-state index >= 15 is 0 Å². The molecule has 0 radical (unpaired) electrons. The number of amides is 1. The number of carbonyl (C=O) groups excluding carboxylic acids is 1. The summed E-state index contributed by atoms with van der Waals surface area (Å²) in [6.07, 6.45) is 0. The first-order valence-electron chi connectivity index (χ1n) is 6.30. The quantitative estimate of drug-likeness (QED) is 0.887. The highest BCUT2D eigenvalue weighted by Crippen LogP contribution is 2.23. The van der Waals surface area contributed by atoms with E-state index in [0.717, 1.165) is 17.8 Å². The number of likely N-dealkylation sites (N-methyl/N-ethyl adjacent to an activating group) is 1. The highest BCUT2D eigenvalue weighted by atomic mass is 16.4. The number of carboxylic acids is 1. The van der Waals surface area contributed by atoms with Crippen molar-refractivity contribution in [2.24, 2.45) is 0 Å². The van der Waals surface area contributed by atoms with Crippen LogP contribution in [0.25, 0.3) is 0 Å². The second kappa shape index (κ2) is 5.40. The Morgan fingerprint density at radius 1 is 1.37 bits per heavy atom. The van der Waals surface area contributed by atoms with Crippen LogP contribution in [0, 0.1) is 0 Å². The van der Waals surface area contributed by atoms with Crippen molar-refractivity contribution in [2.45, 2.75) is 12.8 Å². The summed E-state index contributed by atoms with van der Waals surface area (Å²) in [4.78, 5) is 26.7. The maximum atomic E-state index is 12.0. The fraction of sp³-hybridized carbons (Fsp3) is 0.429. The highest BCUT2D eigenvalue weighted by Gasteiger charge is 2.23. The van der Waals surface area contributed by atoms with Crippen molar-refractivity contribution in [1.29, 1.82) is 0 Å². The molecule has 1 atom stereocenters. The first-order chi connectivity index (χ1) is 8.99. The Bertz CT molecular complexity index is 501. The zero-order valence-corrected chi connectivity index (χ0v) is 11.2. The van der Waals surface area contributed by atoms with Gasteiger partial charge in [-0.25, -0.2) is 0 Å². The standard InChI is InChI=1S/C14H18N2O3/c1-10(14(18)19)11-4-3-5-12(8-11)16-7-6-15(2)9-13(16)17/h3-5,8,10H,6-7,9H2,1-2H3,(H,18,19). The Morgan fingerprint density at radius 2 is 2.11 bits per heavy atom. The van der Waals surface area contributed by atoms with Crippen molar-refractivity contribution >= 4 is 17.6 Å². The van der Waals surface area contributed by atoms with Crippen LogP contribution in [0.1, 0.15) is 18.4 Å². The molecule has 2 rings (SSSR count). The molecule has 1 fully saturated rings. The predicted molar refractivity (Wildman–Crippen MR) is 72.3 cm³/mol. The predicted octanol–water partition coefficient (Wildman–Crippen LogP) is 1.15. The summed E-state index contributed by atoms with van der Waals surface area (Å²) in [6, 6.07) is 7.22. The molecule has 0 spiro atoms. The van der Waals surface area contributed by atoms with E-state index in [1.54, 1.807) is 30.0 Å². The number of piperazine rings is 1. The molecular formula is C14H18N2O3. The molecular weight excluding hydrogens is 244 g/mol. The molecule has 0 bridgehead atoms. The molecule has 1 amide bonds.